The topological polar surface area (TPSA) is 83.0 Å². The van der Waals surface area contributed by atoms with Crippen LogP contribution in [0.1, 0.15) is 21.8 Å². The minimum atomic E-state index is -0.517. The lowest BCUT2D eigenvalue weighted by molar-refractivity contribution is -0.139. The molecule has 3 aromatic rings. The first-order chi connectivity index (χ1) is 11.7. The van der Waals surface area contributed by atoms with Gasteiger partial charge in [-0.3, -0.25) is 0 Å². The number of methoxy groups -OCH3 is 1. The Bertz CT molecular complexity index is 893. The van der Waals surface area contributed by atoms with E-state index in [0.29, 0.717) is 22.7 Å². The predicted molar refractivity (Wildman–Crippen MR) is 84.1 cm³/mol. The molecule has 0 fully saturated rings. The minimum Gasteiger partial charge on any atom is -0.465 e. The molecule has 0 radical (unpaired) electrons. The molecule has 0 N–H and O–H groups in total. The second kappa shape index (κ2) is 6.82. The summed E-state index contributed by atoms with van der Waals surface area (Å²) in [6.45, 7) is -0.0103. The molecule has 0 saturated heterocycles. The van der Waals surface area contributed by atoms with Gasteiger partial charge < -0.3 is 18.3 Å². The second-order valence-electron chi connectivity index (χ2n) is 4.83. The Kier molecular flexibility index (Phi) is 4.42. The van der Waals surface area contributed by atoms with Gasteiger partial charge in [-0.1, -0.05) is 0 Å². The lowest BCUT2D eigenvalue weighted by atomic mass is 10.3. The third-order valence-corrected chi connectivity index (χ3v) is 3.23. The van der Waals surface area contributed by atoms with E-state index < -0.39 is 11.9 Å². The zero-order chi connectivity index (χ0) is 16.9. The van der Waals surface area contributed by atoms with Gasteiger partial charge in [0.25, 0.3) is 0 Å². The molecule has 0 spiro atoms. The molecule has 0 aliphatic rings. The second-order valence-corrected chi connectivity index (χ2v) is 4.83. The Morgan fingerprint density at radius 3 is 2.96 bits per heavy atom. The van der Waals surface area contributed by atoms with Crippen molar-refractivity contribution < 1.29 is 23.5 Å². The van der Waals surface area contributed by atoms with Crippen LogP contribution in [-0.2, 0) is 20.9 Å². The van der Waals surface area contributed by atoms with Crippen LogP contribution in [-0.4, -0.2) is 28.4 Å². The highest BCUT2D eigenvalue weighted by Crippen LogP contribution is 2.13. The normalized spacial score (nSPS) is 11.0. The summed E-state index contributed by atoms with van der Waals surface area (Å²) in [5, 5.41) is 0. The predicted octanol–water partition coefficient (Wildman–Crippen LogP) is 2.47. The number of furan rings is 1. The zero-order valence-electron chi connectivity index (χ0n) is 12.8. The molecule has 0 atom stereocenters. The molecule has 0 aliphatic heterocycles. The van der Waals surface area contributed by atoms with E-state index in [1.54, 1.807) is 41.1 Å². The molecule has 24 heavy (non-hydrogen) atoms. The van der Waals surface area contributed by atoms with E-state index in [4.69, 9.17) is 13.9 Å². The summed E-state index contributed by atoms with van der Waals surface area (Å²) in [5.41, 5.74) is 1.31. The van der Waals surface area contributed by atoms with Crippen molar-refractivity contribution >= 4 is 23.7 Å². The smallest absolute Gasteiger partial charge is 0.341 e. The minimum absolute atomic E-state index is 0.0103. The van der Waals surface area contributed by atoms with Gasteiger partial charge in [0.05, 0.1) is 19.1 Å². The third-order valence-electron chi connectivity index (χ3n) is 3.23. The summed E-state index contributed by atoms with van der Waals surface area (Å²) < 4.78 is 16.6. The largest absolute Gasteiger partial charge is 0.465 e. The van der Waals surface area contributed by atoms with Gasteiger partial charge in [0.2, 0.25) is 0 Å². The highest BCUT2D eigenvalue weighted by atomic mass is 16.5. The molecular weight excluding hydrogens is 312 g/mol. The number of esters is 2. The van der Waals surface area contributed by atoms with Crippen molar-refractivity contribution in [3.8, 4) is 0 Å². The summed E-state index contributed by atoms with van der Waals surface area (Å²) in [5.74, 6) is -0.435. The number of rotatable bonds is 5. The van der Waals surface area contributed by atoms with Gasteiger partial charge in [-0.25, -0.2) is 14.6 Å². The van der Waals surface area contributed by atoms with E-state index in [1.807, 2.05) is 0 Å². The maximum absolute atomic E-state index is 11.7. The van der Waals surface area contributed by atoms with Gasteiger partial charge in [-0.15, -0.1) is 0 Å². The molecule has 122 valence electrons. The number of ether oxygens (including phenoxy) is 2. The molecule has 0 bridgehead atoms. The van der Waals surface area contributed by atoms with Crippen molar-refractivity contribution in [3.63, 3.8) is 0 Å². The number of nitrogens with zero attached hydrogens (tertiary/aromatic N) is 2. The first kappa shape index (κ1) is 15.5. The number of hydrogen-bond acceptors (Lipinski definition) is 6. The fourth-order valence-electron chi connectivity index (χ4n) is 2.13. The molecule has 0 aromatic carbocycles. The van der Waals surface area contributed by atoms with Crippen LogP contribution in [0.2, 0.25) is 0 Å². The van der Waals surface area contributed by atoms with Crippen LogP contribution >= 0.6 is 0 Å². The van der Waals surface area contributed by atoms with Crippen LogP contribution in [0.4, 0.5) is 0 Å². The summed E-state index contributed by atoms with van der Waals surface area (Å²) >= 11 is 0. The van der Waals surface area contributed by atoms with Crippen molar-refractivity contribution in [3.05, 3.63) is 66.0 Å². The summed E-state index contributed by atoms with van der Waals surface area (Å²) in [7, 11) is 1.31. The lowest BCUT2D eigenvalue weighted by Gasteiger charge is -2.00. The fraction of sp³-hybridized carbons (Fsp3) is 0.118. The average Bonchev–Trinajstić information content (AvgIpc) is 3.25. The van der Waals surface area contributed by atoms with E-state index >= 15 is 0 Å². The van der Waals surface area contributed by atoms with Crippen LogP contribution in [0.3, 0.4) is 0 Å². The summed E-state index contributed by atoms with van der Waals surface area (Å²) in [6, 6.07) is 6.78. The van der Waals surface area contributed by atoms with Crippen LogP contribution in [0.15, 0.2) is 53.4 Å². The molecule has 0 amide bonds. The molecule has 7 nitrogen and oxygen atoms in total. The summed E-state index contributed by atoms with van der Waals surface area (Å²) in [4.78, 5) is 27.7. The molecular formula is C17H14N2O5. The molecule has 0 saturated carbocycles. The average molecular weight is 326 g/mol. The van der Waals surface area contributed by atoms with Crippen molar-refractivity contribution in [2.75, 3.05) is 7.11 Å². The van der Waals surface area contributed by atoms with E-state index in [0.717, 1.165) is 0 Å². The van der Waals surface area contributed by atoms with Crippen molar-refractivity contribution in [2.45, 2.75) is 6.61 Å². The van der Waals surface area contributed by atoms with E-state index in [-0.39, 0.29) is 6.61 Å². The van der Waals surface area contributed by atoms with Gasteiger partial charge in [0.15, 0.2) is 5.65 Å². The molecule has 0 unspecified atom stereocenters. The monoisotopic (exact) mass is 326 g/mol. The quantitative estimate of drug-likeness (QED) is 0.529. The Balaban J connectivity index is 1.69. The molecule has 3 rings (SSSR count). The Morgan fingerprint density at radius 2 is 2.21 bits per heavy atom. The van der Waals surface area contributed by atoms with E-state index in [2.05, 4.69) is 4.98 Å². The van der Waals surface area contributed by atoms with Gasteiger partial charge in [-0.2, -0.15) is 0 Å². The van der Waals surface area contributed by atoms with Gasteiger partial charge in [-0.05, 0) is 30.3 Å². The zero-order valence-corrected chi connectivity index (χ0v) is 12.8. The number of carbonyl (C=O) groups is 2. The number of imidazole rings is 1. The number of pyridine rings is 1. The van der Waals surface area contributed by atoms with Crippen molar-refractivity contribution in [1.82, 2.24) is 9.38 Å². The molecule has 3 aromatic heterocycles. The van der Waals surface area contributed by atoms with Gasteiger partial charge in [0.1, 0.15) is 17.9 Å². The Labute approximate surface area is 137 Å². The molecule has 0 aliphatic carbocycles. The maximum atomic E-state index is 11.7. The molecule has 7 heteroatoms. The van der Waals surface area contributed by atoms with E-state index in [1.165, 1.54) is 25.5 Å². The lowest BCUT2D eigenvalue weighted by Crippen LogP contribution is -2.04. The summed E-state index contributed by atoms with van der Waals surface area (Å²) in [6.07, 6.45) is 7.73. The number of hydrogen-bond donors (Lipinski definition) is 0. The van der Waals surface area contributed by atoms with Gasteiger partial charge in [0, 0.05) is 18.5 Å². The maximum Gasteiger partial charge on any atom is 0.341 e. The van der Waals surface area contributed by atoms with Crippen LogP contribution in [0, 0.1) is 0 Å². The highest BCUT2D eigenvalue weighted by molar-refractivity contribution is 5.95. The van der Waals surface area contributed by atoms with Crippen LogP contribution < -0.4 is 0 Å². The molecule has 3 heterocycles. The number of aromatic nitrogens is 2. The van der Waals surface area contributed by atoms with Crippen LogP contribution in [0.25, 0.3) is 11.7 Å². The standard InChI is InChI=1S/C17H14N2O5/c1-22-17(21)14-5-2-8-19-10-12(18-16(14)19)11-24-15(20)7-6-13-4-3-9-23-13/h2-10H,11H2,1H3. The van der Waals surface area contributed by atoms with Crippen LogP contribution in [0.5, 0.6) is 0 Å². The SMILES string of the molecule is COC(=O)c1cccn2cc(COC(=O)C=Cc3ccco3)nc12. The number of fused-ring (bicyclic) bond motifs is 1. The van der Waals surface area contributed by atoms with Crippen molar-refractivity contribution in [1.29, 1.82) is 0 Å². The first-order valence-corrected chi connectivity index (χ1v) is 7.10. The third kappa shape index (κ3) is 3.35. The van der Waals surface area contributed by atoms with Crippen molar-refractivity contribution in [2.24, 2.45) is 0 Å². The Morgan fingerprint density at radius 1 is 1.33 bits per heavy atom. The fourth-order valence-corrected chi connectivity index (χ4v) is 2.13. The Hall–Kier alpha value is -3.35. The van der Waals surface area contributed by atoms with E-state index in [9.17, 15) is 9.59 Å². The van der Waals surface area contributed by atoms with Gasteiger partial charge >= 0.3 is 11.9 Å². The highest BCUT2D eigenvalue weighted by Gasteiger charge is 2.13. The first-order valence-electron chi connectivity index (χ1n) is 7.10. The number of carbonyl (C=O) groups excluding carboxylic acids is 2.